The minimum atomic E-state index is -0.733. The standard InChI is InChI=1S/C9H17NO3S/c10-8(11)4-3-7-14-6-2-1-5-9(12)13/h1-7H2,(H2,10,11)(H,12,13). The van der Waals surface area contributed by atoms with E-state index in [1.54, 1.807) is 11.8 Å². The number of rotatable bonds is 9. The maximum atomic E-state index is 10.4. The first-order chi connectivity index (χ1) is 6.63. The molecule has 1 amide bonds. The van der Waals surface area contributed by atoms with Gasteiger partial charge >= 0.3 is 5.97 Å². The van der Waals surface area contributed by atoms with Crippen LogP contribution in [0.4, 0.5) is 0 Å². The van der Waals surface area contributed by atoms with Crippen molar-refractivity contribution >= 4 is 23.6 Å². The molecule has 0 saturated carbocycles. The second-order valence-electron chi connectivity index (χ2n) is 3.03. The number of hydrogen-bond acceptors (Lipinski definition) is 3. The lowest BCUT2D eigenvalue weighted by Crippen LogP contribution is -2.10. The summed E-state index contributed by atoms with van der Waals surface area (Å²) in [5, 5.41) is 8.36. The van der Waals surface area contributed by atoms with Crippen LogP contribution in [0.25, 0.3) is 0 Å². The van der Waals surface area contributed by atoms with Crippen LogP contribution in [0.1, 0.15) is 32.1 Å². The Hall–Kier alpha value is -0.710. The summed E-state index contributed by atoms with van der Waals surface area (Å²) in [5.74, 6) is 0.905. The third kappa shape index (κ3) is 11.3. The van der Waals surface area contributed by atoms with Gasteiger partial charge in [-0.25, -0.2) is 0 Å². The first-order valence-corrected chi connectivity index (χ1v) is 5.86. The van der Waals surface area contributed by atoms with E-state index in [1.807, 2.05) is 0 Å². The highest BCUT2D eigenvalue weighted by molar-refractivity contribution is 7.99. The molecule has 0 aliphatic rings. The Morgan fingerprint density at radius 3 is 2.29 bits per heavy atom. The van der Waals surface area contributed by atoms with Crippen LogP contribution in [-0.2, 0) is 9.59 Å². The zero-order valence-electron chi connectivity index (χ0n) is 8.20. The van der Waals surface area contributed by atoms with Crippen LogP contribution >= 0.6 is 11.8 Å². The largest absolute Gasteiger partial charge is 0.481 e. The molecule has 0 aromatic heterocycles. The van der Waals surface area contributed by atoms with Gasteiger partial charge in [0, 0.05) is 12.8 Å². The number of thioether (sulfide) groups is 1. The van der Waals surface area contributed by atoms with E-state index >= 15 is 0 Å². The average molecular weight is 219 g/mol. The molecule has 4 nitrogen and oxygen atoms in total. The molecule has 14 heavy (non-hydrogen) atoms. The van der Waals surface area contributed by atoms with Crippen molar-refractivity contribution in [3.05, 3.63) is 0 Å². The third-order valence-electron chi connectivity index (χ3n) is 1.64. The second kappa shape index (κ2) is 8.87. The molecular formula is C9H17NO3S. The van der Waals surface area contributed by atoms with Crippen LogP contribution in [0.5, 0.6) is 0 Å². The average Bonchev–Trinajstić information content (AvgIpc) is 2.08. The molecule has 0 unspecified atom stereocenters. The molecule has 0 aliphatic carbocycles. The lowest BCUT2D eigenvalue weighted by molar-refractivity contribution is -0.137. The van der Waals surface area contributed by atoms with E-state index in [0.29, 0.717) is 6.42 Å². The van der Waals surface area contributed by atoms with Crippen LogP contribution in [0.2, 0.25) is 0 Å². The quantitative estimate of drug-likeness (QED) is 0.572. The molecule has 0 heterocycles. The Bertz CT molecular complexity index is 165. The fourth-order valence-corrected chi connectivity index (χ4v) is 1.89. The van der Waals surface area contributed by atoms with Gasteiger partial charge in [-0.05, 0) is 30.8 Å². The first-order valence-electron chi connectivity index (χ1n) is 4.70. The SMILES string of the molecule is NC(=O)CCCSCCCCC(=O)O. The number of amides is 1. The van der Waals surface area contributed by atoms with Crippen molar-refractivity contribution in [3.63, 3.8) is 0 Å². The third-order valence-corrected chi connectivity index (χ3v) is 2.80. The summed E-state index contributed by atoms with van der Waals surface area (Å²) in [5.41, 5.74) is 4.97. The van der Waals surface area contributed by atoms with Crippen molar-refractivity contribution in [2.45, 2.75) is 32.1 Å². The Morgan fingerprint density at radius 2 is 1.71 bits per heavy atom. The first kappa shape index (κ1) is 13.3. The van der Waals surface area contributed by atoms with Gasteiger partial charge in [-0.15, -0.1) is 0 Å². The van der Waals surface area contributed by atoms with Crippen molar-refractivity contribution in [2.24, 2.45) is 5.73 Å². The fourth-order valence-electron chi connectivity index (χ4n) is 0.931. The maximum absolute atomic E-state index is 10.4. The molecule has 0 aliphatic heterocycles. The van der Waals surface area contributed by atoms with Crippen LogP contribution in [0.3, 0.4) is 0 Å². The molecule has 0 spiro atoms. The van der Waals surface area contributed by atoms with E-state index in [4.69, 9.17) is 10.8 Å². The number of aliphatic carboxylic acids is 1. The molecule has 0 rings (SSSR count). The molecule has 0 radical (unpaired) electrons. The predicted molar refractivity (Wildman–Crippen MR) is 57.2 cm³/mol. The molecule has 0 aromatic rings. The molecule has 0 aromatic carbocycles. The Balaban J connectivity index is 2.99. The number of carboxylic acids is 1. The van der Waals surface area contributed by atoms with E-state index < -0.39 is 5.97 Å². The normalized spacial score (nSPS) is 10.0. The predicted octanol–water partition coefficient (Wildman–Crippen LogP) is 1.24. The van der Waals surface area contributed by atoms with Gasteiger partial charge in [0.05, 0.1) is 0 Å². The molecule has 5 heteroatoms. The van der Waals surface area contributed by atoms with Crippen LogP contribution in [0, 0.1) is 0 Å². The Labute approximate surface area is 88.2 Å². The van der Waals surface area contributed by atoms with Crippen molar-refractivity contribution in [1.82, 2.24) is 0 Å². The van der Waals surface area contributed by atoms with Gasteiger partial charge < -0.3 is 10.8 Å². The van der Waals surface area contributed by atoms with Gasteiger partial charge in [0.15, 0.2) is 0 Å². The highest BCUT2D eigenvalue weighted by Gasteiger charge is 1.97. The van der Waals surface area contributed by atoms with Gasteiger partial charge in [0.25, 0.3) is 0 Å². The lowest BCUT2D eigenvalue weighted by atomic mass is 10.2. The minimum absolute atomic E-state index is 0.252. The van der Waals surface area contributed by atoms with Crippen LogP contribution in [-0.4, -0.2) is 28.5 Å². The summed E-state index contributed by atoms with van der Waals surface area (Å²) in [6.07, 6.45) is 3.18. The number of carbonyl (C=O) groups is 2. The zero-order valence-corrected chi connectivity index (χ0v) is 9.02. The molecule has 82 valence electrons. The number of nitrogens with two attached hydrogens (primary N) is 1. The van der Waals surface area contributed by atoms with Crippen LogP contribution < -0.4 is 5.73 Å². The molecule has 0 atom stereocenters. The van der Waals surface area contributed by atoms with Crippen molar-refractivity contribution < 1.29 is 14.7 Å². The lowest BCUT2D eigenvalue weighted by Gasteiger charge is -1.99. The summed E-state index contributed by atoms with van der Waals surface area (Å²) in [6, 6.07) is 0. The Morgan fingerprint density at radius 1 is 1.07 bits per heavy atom. The topological polar surface area (TPSA) is 80.4 Å². The monoisotopic (exact) mass is 219 g/mol. The van der Waals surface area contributed by atoms with Crippen molar-refractivity contribution in [2.75, 3.05) is 11.5 Å². The summed E-state index contributed by atoms with van der Waals surface area (Å²) in [7, 11) is 0. The number of hydrogen-bond donors (Lipinski definition) is 2. The Kier molecular flexibility index (Phi) is 8.42. The number of carbonyl (C=O) groups excluding carboxylic acids is 1. The van der Waals surface area contributed by atoms with E-state index in [-0.39, 0.29) is 12.3 Å². The van der Waals surface area contributed by atoms with Gasteiger partial charge in [-0.1, -0.05) is 0 Å². The van der Waals surface area contributed by atoms with Crippen LogP contribution in [0.15, 0.2) is 0 Å². The highest BCUT2D eigenvalue weighted by Crippen LogP contribution is 2.08. The summed E-state index contributed by atoms with van der Waals surface area (Å²) >= 11 is 1.75. The van der Waals surface area contributed by atoms with E-state index in [0.717, 1.165) is 30.8 Å². The van der Waals surface area contributed by atoms with Gasteiger partial charge in [-0.2, -0.15) is 11.8 Å². The van der Waals surface area contributed by atoms with E-state index in [1.165, 1.54) is 0 Å². The zero-order chi connectivity index (χ0) is 10.8. The van der Waals surface area contributed by atoms with Crippen molar-refractivity contribution in [1.29, 1.82) is 0 Å². The molecule has 3 N–H and O–H groups in total. The second-order valence-corrected chi connectivity index (χ2v) is 4.26. The summed E-state index contributed by atoms with van der Waals surface area (Å²) in [4.78, 5) is 20.5. The molecule has 0 fully saturated rings. The number of primary amides is 1. The maximum Gasteiger partial charge on any atom is 0.303 e. The molecular weight excluding hydrogens is 202 g/mol. The number of unbranched alkanes of at least 4 members (excludes halogenated alkanes) is 1. The number of carboxylic acid groups (broad SMARTS) is 1. The van der Waals surface area contributed by atoms with Gasteiger partial charge in [0.2, 0.25) is 5.91 Å². The van der Waals surface area contributed by atoms with Gasteiger partial charge in [0.1, 0.15) is 0 Å². The fraction of sp³-hybridized carbons (Fsp3) is 0.778. The minimum Gasteiger partial charge on any atom is -0.481 e. The summed E-state index contributed by atoms with van der Waals surface area (Å²) in [6.45, 7) is 0. The smallest absolute Gasteiger partial charge is 0.303 e. The summed E-state index contributed by atoms with van der Waals surface area (Å²) < 4.78 is 0. The van der Waals surface area contributed by atoms with Gasteiger partial charge in [-0.3, -0.25) is 9.59 Å². The van der Waals surface area contributed by atoms with E-state index in [2.05, 4.69) is 0 Å². The van der Waals surface area contributed by atoms with Crippen molar-refractivity contribution in [3.8, 4) is 0 Å². The van der Waals surface area contributed by atoms with E-state index in [9.17, 15) is 9.59 Å². The molecule has 0 bridgehead atoms. The highest BCUT2D eigenvalue weighted by atomic mass is 32.2. The molecule has 0 saturated heterocycles.